The number of nitrogens with zero attached hydrogens (tertiary/aromatic N) is 1. The van der Waals surface area contributed by atoms with Crippen molar-refractivity contribution in [2.45, 2.75) is 39.3 Å². The van der Waals surface area contributed by atoms with Crippen LogP contribution in [0, 0.1) is 13.8 Å². The molecule has 1 unspecified atom stereocenters. The van der Waals surface area contributed by atoms with E-state index >= 15 is 0 Å². The number of carbonyl (C=O) groups is 1. The first-order valence-electron chi connectivity index (χ1n) is 9.39. The number of ether oxygens (including phenoxy) is 2. The lowest BCUT2D eigenvalue weighted by molar-refractivity contribution is -0.135. The Hall–Kier alpha value is -2.53. The number of amides is 1. The van der Waals surface area contributed by atoms with Gasteiger partial charge in [-0.2, -0.15) is 0 Å². The summed E-state index contributed by atoms with van der Waals surface area (Å²) in [5.41, 5.74) is 3.04. The van der Waals surface area contributed by atoms with Gasteiger partial charge in [0.1, 0.15) is 11.5 Å². The van der Waals surface area contributed by atoms with Crippen LogP contribution in [0.2, 0.25) is 0 Å². The number of para-hydroxylation sites is 1. The molecule has 2 aromatic rings. The summed E-state index contributed by atoms with van der Waals surface area (Å²) < 4.78 is 11.4. The van der Waals surface area contributed by atoms with Gasteiger partial charge in [0.05, 0.1) is 6.10 Å². The van der Waals surface area contributed by atoms with Gasteiger partial charge in [-0.3, -0.25) is 4.79 Å². The second-order valence-electron chi connectivity index (χ2n) is 7.07. The normalized spacial score (nSPS) is 16.3. The van der Waals surface area contributed by atoms with Crippen LogP contribution in [0.1, 0.15) is 29.5 Å². The van der Waals surface area contributed by atoms with Gasteiger partial charge >= 0.3 is 0 Å². The van der Waals surface area contributed by atoms with Crippen molar-refractivity contribution >= 4 is 5.91 Å². The molecule has 0 bridgehead atoms. The van der Waals surface area contributed by atoms with E-state index in [2.05, 4.69) is 0 Å². The molecule has 0 radical (unpaired) electrons. The minimum atomic E-state index is -0.119. The molecule has 1 N–H and O–H groups in total. The Labute approximate surface area is 160 Å². The van der Waals surface area contributed by atoms with Crippen LogP contribution in [-0.2, 0) is 16.1 Å². The quantitative estimate of drug-likeness (QED) is 0.810. The van der Waals surface area contributed by atoms with Gasteiger partial charge in [-0.25, -0.2) is 0 Å². The van der Waals surface area contributed by atoms with Gasteiger partial charge in [0.25, 0.3) is 5.91 Å². The van der Waals surface area contributed by atoms with E-state index in [0.29, 0.717) is 18.8 Å². The van der Waals surface area contributed by atoms with E-state index < -0.39 is 0 Å². The maximum absolute atomic E-state index is 12.8. The Balaban J connectivity index is 1.67. The van der Waals surface area contributed by atoms with Gasteiger partial charge in [0.2, 0.25) is 0 Å². The summed E-state index contributed by atoms with van der Waals surface area (Å²) >= 11 is 0. The van der Waals surface area contributed by atoms with E-state index in [1.807, 2.05) is 44.2 Å². The highest BCUT2D eigenvalue weighted by Gasteiger charge is 2.23. The second-order valence-corrected chi connectivity index (χ2v) is 7.07. The SMILES string of the molecule is Cc1ccc(OCC(=O)N(Cc2ccccc2O)CC2CCCO2)cc1C. The van der Waals surface area contributed by atoms with E-state index in [1.165, 1.54) is 5.56 Å². The van der Waals surface area contributed by atoms with E-state index in [-0.39, 0.29) is 24.4 Å². The smallest absolute Gasteiger partial charge is 0.260 e. The van der Waals surface area contributed by atoms with Gasteiger partial charge in [-0.1, -0.05) is 24.3 Å². The largest absolute Gasteiger partial charge is 0.508 e. The van der Waals surface area contributed by atoms with Crippen molar-refractivity contribution in [2.24, 2.45) is 0 Å². The zero-order chi connectivity index (χ0) is 19.2. The highest BCUT2D eigenvalue weighted by Crippen LogP contribution is 2.21. The van der Waals surface area contributed by atoms with E-state index in [1.54, 1.807) is 17.0 Å². The number of phenols is 1. The summed E-state index contributed by atoms with van der Waals surface area (Å²) in [6, 6.07) is 12.9. The van der Waals surface area contributed by atoms with Crippen molar-refractivity contribution in [3.8, 4) is 11.5 Å². The molecule has 0 spiro atoms. The van der Waals surface area contributed by atoms with Crippen LogP contribution >= 0.6 is 0 Å². The molecule has 2 aromatic carbocycles. The molecule has 1 amide bonds. The van der Waals surface area contributed by atoms with Gasteiger partial charge in [0.15, 0.2) is 6.61 Å². The summed E-state index contributed by atoms with van der Waals surface area (Å²) in [7, 11) is 0. The number of aryl methyl sites for hydroxylation is 2. The molecule has 1 aliphatic rings. The predicted octanol–water partition coefficient (Wildman–Crippen LogP) is 3.60. The summed E-state index contributed by atoms with van der Waals surface area (Å²) in [4.78, 5) is 14.5. The molecule has 5 nitrogen and oxygen atoms in total. The molecule has 0 saturated carbocycles. The summed E-state index contributed by atoms with van der Waals surface area (Å²) in [6.45, 7) is 5.60. The third kappa shape index (κ3) is 5.23. The van der Waals surface area contributed by atoms with Crippen molar-refractivity contribution in [1.82, 2.24) is 4.90 Å². The molecule has 1 aliphatic heterocycles. The molecule has 0 aliphatic carbocycles. The predicted molar refractivity (Wildman–Crippen MR) is 104 cm³/mol. The van der Waals surface area contributed by atoms with Crippen LogP contribution in [-0.4, -0.2) is 41.8 Å². The molecule has 1 fully saturated rings. The monoisotopic (exact) mass is 369 g/mol. The number of benzene rings is 2. The molecule has 0 aromatic heterocycles. The van der Waals surface area contributed by atoms with Crippen molar-refractivity contribution < 1.29 is 19.4 Å². The van der Waals surface area contributed by atoms with E-state index in [9.17, 15) is 9.90 Å². The van der Waals surface area contributed by atoms with Crippen LogP contribution in [0.3, 0.4) is 0 Å². The molecule has 5 heteroatoms. The van der Waals surface area contributed by atoms with Crippen molar-refractivity contribution in [3.63, 3.8) is 0 Å². The maximum Gasteiger partial charge on any atom is 0.260 e. The van der Waals surface area contributed by atoms with Crippen LogP contribution in [0.25, 0.3) is 0 Å². The van der Waals surface area contributed by atoms with Crippen molar-refractivity contribution in [3.05, 3.63) is 59.2 Å². The Morgan fingerprint density at radius 3 is 2.74 bits per heavy atom. The summed E-state index contributed by atoms with van der Waals surface area (Å²) in [5, 5.41) is 10.1. The number of hydrogen-bond acceptors (Lipinski definition) is 4. The van der Waals surface area contributed by atoms with Crippen molar-refractivity contribution in [1.29, 1.82) is 0 Å². The lowest BCUT2D eigenvalue weighted by Gasteiger charge is -2.26. The number of aromatic hydroxyl groups is 1. The van der Waals surface area contributed by atoms with Gasteiger partial charge in [-0.15, -0.1) is 0 Å². The van der Waals surface area contributed by atoms with Crippen LogP contribution in [0.15, 0.2) is 42.5 Å². The topological polar surface area (TPSA) is 59.0 Å². The molecule has 1 saturated heterocycles. The lowest BCUT2D eigenvalue weighted by atomic mass is 10.1. The van der Waals surface area contributed by atoms with Gasteiger partial charge in [0, 0.05) is 25.3 Å². The molecule has 3 rings (SSSR count). The average molecular weight is 369 g/mol. The molecule has 144 valence electrons. The molecule has 27 heavy (non-hydrogen) atoms. The number of rotatable bonds is 7. The minimum Gasteiger partial charge on any atom is -0.508 e. The number of phenolic OH excluding ortho intramolecular Hbond substituents is 1. The van der Waals surface area contributed by atoms with E-state index in [4.69, 9.17) is 9.47 Å². The first-order chi connectivity index (χ1) is 13.0. The van der Waals surface area contributed by atoms with Crippen LogP contribution < -0.4 is 4.74 Å². The fourth-order valence-corrected chi connectivity index (χ4v) is 3.18. The molecule has 1 atom stereocenters. The second kappa shape index (κ2) is 8.91. The first kappa shape index (κ1) is 19.2. The summed E-state index contributed by atoms with van der Waals surface area (Å²) in [5.74, 6) is 0.760. The fraction of sp³-hybridized carbons (Fsp3) is 0.409. The molecule has 1 heterocycles. The van der Waals surface area contributed by atoms with Gasteiger partial charge < -0.3 is 19.5 Å². The Morgan fingerprint density at radius 1 is 1.22 bits per heavy atom. The molecular formula is C22H27NO4. The highest BCUT2D eigenvalue weighted by molar-refractivity contribution is 5.78. The minimum absolute atomic E-state index is 0.0389. The third-order valence-electron chi connectivity index (χ3n) is 4.99. The van der Waals surface area contributed by atoms with Gasteiger partial charge in [-0.05, 0) is 56.0 Å². The number of carbonyl (C=O) groups excluding carboxylic acids is 1. The average Bonchev–Trinajstić information content (AvgIpc) is 3.17. The fourth-order valence-electron chi connectivity index (χ4n) is 3.18. The van der Waals surface area contributed by atoms with E-state index in [0.717, 1.165) is 30.6 Å². The van der Waals surface area contributed by atoms with Crippen LogP contribution in [0.4, 0.5) is 0 Å². The lowest BCUT2D eigenvalue weighted by Crippen LogP contribution is -2.39. The zero-order valence-electron chi connectivity index (χ0n) is 16.0. The first-order valence-corrected chi connectivity index (χ1v) is 9.39. The Morgan fingerprint density at radius 2 is 2.04 bits per heavy atom. The highest BCUT2D eigenvalue weighted by atomic mass is 16.5. The Kier molecular flexibility index (Phi) is 6.35. The van der Waals surface area contributed by atoms with Crippen LogP contribution in [0.5, 0.6) is 11.5 Å². The zero-order valence-corrected chi connectivity index (χ0v) is 16.0. The summed E-state index contributed by atoms with van der Waals surface area (Å²) in [6.07, 6.45) is 2.01. The third-order valence-corrected chi connectivity index (χ3v) is 4.99. The molecular weight excluding hydrogens is 342 g/mol. The standard InChI is InChI=1S/C22H27NO4/c1-16-9-10-19(12-17(16)2)27-15-22(25)23(14-20-7-5-11-26-20)13-18-6-3-4-8-21(18)24/h3-4,6,8-10,12,20,24H,5,7,11,13-15H2,1-2H3. The van der Waals surface area contributed by atoms with Crippen molar-refractivity contribution in [2.75, 3.05) is 19.8 Å². The number of hydrogen-bond donors (Lipinski definition) is 1. The maximum atomic E-state index is 12.8. The Bertz CT molecular complexity index is 784.